The monoisotopic (exact) mass is 376 g/mol. The molecule has 28 heavy (non-hydrogen) atoms. The molecule has 142 valence electrons. The molecule has 2 amide bonds. The van der Waals surface area contributed by atoms with Gasteiger partial charge in [0.25, 0.3) is 5.91 Å². The van der Waals surface area contributed by atoms with Crippen LogP contribution in [-0.2, 0) is 11.3 Å². The summed E-state index contributed by atoms with van der Waals surface area (Å²) < 4.78 is 1.56. The van der Waals surface area contributed by atoms with Crippen molar-refractivity contribution in [2.75, 3.05) is 11.9 Å². The molecule has 0 bridgehead atoms. The maximum Gasteiger partial charge on any atom is 0.255 e. The quantitative estimate of drug-likeness (QED) is 0.738. The van der Waals surface area contributed by atoms with Crippen molar-refractivity contribution in [2.45, 2.75) is 26.3 Å². The summed E-state index contributed by atoms with van der Waals surface area (Å²) in [6.07, 6.45) is 3.05. The van der Waals surface area contributed by atoms with Crippen LogP contribution < -0.4 is 5.32 Å². The first-order valence-corrected chi connectivity index (χ1v) is 9.12. The molecule has 4 rings (SSSR count). The van der Waals surface area contributed by atoms with Crippen LogP contribution in [-0.4, -0.2) is 43.5 Å². The molecule has 2 heterocycles. The maximum absolute atomic E-state index is 12.6. The number of carbonyl (C=O) groups excluding carboxylic acids is 2. The van der Waals surface area contributed by atoms with Crippen molar-refractivity contribution in [2.24, 2.45) is 0 Å². The fourth-order valence-corrected chi connectivity index (χ4v) is 3.37. The predicted molar refractivity (Wildman–Crippen MR) is 103 cm³/mol. The van der Waals surface area contributed by atoms with Gasteiger partial charge in [-0.05, 0) is 65.2 Å². The zero-order valence-corrected chi connectivity index (χ0v) is 15.5. The number of aryl methyl sites for hydroxylation is 1. The van der Waals surface area contributed by atoms with E-state index in [1.807, 2.05) is 42.2 Å². The van der Waals surface area contributed by atoms with Crippen molar-refractivity contribution in [3.8, 4) is 5.69 Å². The van der Waals surface area contributed by atoms with E-state index in [1.54, 1.807) is 16.8 Å². The number of nitrogens with one attached hydrogen (secondary N) is 1. The third-order valence-corrected chi connectivity index (χ3v) is 4.78. The zero-order chi connectivity index (χ0) is 19.5. The van der Waals surface area contributed by atoms with E-state index in [2.05, 4.69) is 20.8 Å². The van der Waals surface area contributed by atoms with E-state index in [-0.39, 0.29) is 11.8 Å². The van der Waals surface area contributed by atoms with Crippen LogP contribution in [0.1, 0.15) is 34.3 Å². The van der Waals surface area contributed by atoms with Crippen LogP contribution in [0.5, 0.6) is 0 Å². The van der Waals surface area contributed by atoms with Crippen molar-refractivity contribution in [3.05, 3.63) is 65.5 Å². The van der Waals surface area contributed by atoms with Gasteiger partial charge >= 0.3 is 0 Å². The third-order valence-electron chi connectivity index (χ3n) is 4.78. The smallest absolute Gasteiger partial charge is 0.255 e. The van der Waals surface area contributed by atoms with Crippen LogP contribution in [0.15, 0.2) is 48.8 Å². The molecule has 0 atom stereocenters. The molecule has 0 saturated carbocycles. The van der Waals surface area contributed by atoms with Gasteiger partial charge in [0.15, 0.2) is 0 Å². The molecule has 1 saturated heterocycles. The second kappa shape index (κ2) is 7.59. The lowest BCUT2D eigenvalue weighted by atomic mass is 10.1. The minimum absolute atomic E-state index is 0.188. The van der Waals surface area contributed by atoms with E-state index in [9.17, 15) is 9.59 Å². The van der Waals surface area contributed by atoms with Crippen molar-refractivity contribution >= 4 is 17.5 Å². The fourth-order valence-electron chi connectivity index (χ4n) is 3.37. The second-order valence-electron chi connectivity index (χ2n) is 6.83. The first kappa shape index (κ1) is 17.8. The first-order chi connectivity index (χ1) is 13.6. The molecule has 8 nitrogen and oxygen atoms in total. The molecule has 0 radical (unpaired) electrons. The molecule has 1 aliphatic heterocycles. The number of tetrazole rings is 1. The van der Waals surface area contributed by atoms with Crippen LogP contribution in [0.25, 0.3) is 5.69 Å². The highest BCUT2D eigenvalue weighted by Gasteiger charge is 2.20. The van der Waals surface area contributed by atoms with E-state index < -0.39 is 0 Å². The number of hydrogen-bond donors (Lipinski definition) is 1. The van der Waals surface area contributed by atoms with Crippen molar-refractivity contribution in [1.82, 2.24) is 25.1 Å². The molecule has 8 heteroatoms. The normalized spacial score (nSPS) is 13.8. The molecule has 0 unspecified atom stereocenters. The Hall–Kier alpha value is -3.55. The summed E-state index contributed by atoms with van der Waals surface area (Å²) in [6, 6.07) is 13.0. The molecular weight excluding hydrogens is 356 g/mol. The standard InChI is InChI=1S/C20H20N6O2/c1-14-10-16(7-8-18(14)26-13-21-23-24-26)20(28)22-17-5-2-4-15(11-17)12-25-9-3-6-19(25)27/h2,4-5,7-8,10-11,13H,3,6,9,12H2,1H3,(H,22,28). The number of benzene rings is 2. The molecular formula is C20H20N6O2. The first-order valence-electron chi connectivity index (χ1n) is 9.12. The van der Waals surface area contributed by atoms with Crippen molar-refractivity contribution < 1.29 is 9.59 Å². The van der Waals surface area contributed by atoms with Gasteiger partial charge in [0.1, 0.15) is 6.33 Å². The second-order valence-corrected chi connectivity index (χ2v) is 6.83. The minimum atomic E-state index is -0.194. The molecule has 1 aliphatic rings. The largest absolute Gasteiger partial charge is 0.338 e. The Kier molecular flexibility index (Phi) is 4.84. The van der Waals surface area contributed by atoms with Gasteiger partial charge in [-0.15, -0.1) is 5.10 Å². The summed E-state index contributed by atoms with van der Waals surface area (Å²) in [5.74, 6) is -0.00616. The highest BCUT2D eigenvalue weighted by molar-refractivity contribution is 6.04. The van der Waals surface area contributed by atoms with Crippen molar-refractivity contribution in [1.29, 1.82) is 0 Å². The number of rotatable bonds is 5. The highest BCUT2D eigenvalue weighted by atomic mass is 16.2. The molecule has 1 fully saturated rings. The van der Waals surface area contributed by atoms with Gasteiger partial charge in [-0.3, -0.25) is 9.59 Å². The summed E-state index contributed by atoms with van der Waals surface area (Å²) in [6.45, 7) is 3.27. The number of nitrogens with zero attached hydrogens (tertiary/aromatic N) is 5. The summed E-state index contributed by atoms with van der Waals surface area (Å²) in [4.78, 5) is 26.3. The van der Waals surface area contributed by atoms with E-state index in [4.69, 9.17) is 0 Å². The highest BCUT2D eigenvalue weighted by Crippen LogP contribution is 2.19. The van der Waals surface area contributed by atoms with Crippen molar-refractivity contribution in [3.63, 3.8) is 0 Å². The number of carbonyl (C=O) groups is 2. The van der Waals surface area contributed by atoms with Crippen LogP contribution in [0.4, 0.5) is 5.69 Å². The number of aromatic nitrogens is 4. The Labute approximate surface area is 162 Å². The third kappa shape index (κ3) is 3.75. The topological polar surface area (TPSA) is 93.0 Å². The number of anilines is 1. The Bertz CT molecular complexity index is 1020. The zero-order valence-electron chi connectivity index (χ0n) is 15.5. The van der Waals surface area contributed by atoms with Gasteiger partial charge in [0.05, 0.1) is 5.69 Å². The number of amides is 2. The van der Waals surface area contributed by atoms with Gasteiger partial charge in [0, 0.05) is 30.8 Å². The lowest BCUT2D eigenvalue weighted by Crippen LogP contribution is -2.23. The Balaban J connectivity index is 1.47. The average Bonchev–Trinajstić information content (AvgIpc) is 3.34. The Morgan fingerprint density at radius 2 is 2.11 bits per heavy atom. The van der Waals surface area contributed by atoms with Gasteiger partial charge < -0.3 is 10.2 Å². The Morgan fingerprint density at radius 1 is 1.21 bits per heavy atom. The van der Waals surface area contributed by atoms with Gasteiger partial charge in [-0.25, -0.2) is 4.68 Å². The average molecular weight is 376 g/mol. The minimum Gasteiger partial charge on any atom is -0.338 e. The van der Waals surface area contributed by atoms with Crippen LogP contribution in [0, 0.1) is 6.92 Å². The Morgan fingerprint density at radius 3 is 2.82 bits per heavy atom. The molecule has 3 aromatic rings. The van der Waals surface area contributed by atoms with E-state index in [0.29, 0.717) is 24.2 Å². The van der Waals surface area contributed by atoms with Crippen LogP contribution in [0.3, 0.4) is 0 Å². The summed E-state index contributed by atoms with van der Waals surface area (Å²) in [5.41, 5.74) is 3.96. The maximum atomic E-state index is 12.6. The molecule has 2 aromatic carbocycles. The SMILES string of the molecule is Cc1cc(C(=O)Nc2cccc(CN3CCCC3=O)c2)ccc1-n1cnnn1. The van der Waals surface area contributed by atoms with Gasteiger partial charge in [-0.2, -0.15) is 0 Å². The lowest BCUT2D eigenvalue weighted by Gasteiger charge is -2.16. The molecule has 1 N–H and O–H groups in total. The van der Waals surface area contributed by atoms with Crippen LogP contribution in [0.2, 0.25) is 0 Å². The lowest BCUT2D eigenvalue weighted by molar-refractivity contribution is -0.128. The van der Waals surface area contributed by atoms with Gasteiger partial charge in [-0.1, -0.05) is 12.1 Å². The fraction of sp³-hybridized carbons (Fsp3) is 0.250. The summed E-state index contributed by atoms with van der Waals surface area (Å²) >= 11 is 0. The van der Waals surface area contributed by atoms with E-state index in [0.717, 1.165) is 29.8 Å². The predicted octanol–water partition coefficient (Wildman–Crippen LogP) is 2.35. The van der Waals surface area contributed by atoms with Gasteiger partial charge in [0.2, 0.25) is 5.91 Å². The summed E-state index contributed by atoms with van der Waals surface area (Å²) in [7, 11) is 0. The van der Waals surface area contributed by atoms with Crippen LogP contribution >= 0.6 is 0 Å². The number of hydrogen-bond acceptors (Lipinski definition) is 5. The van der Waals surface area contributed by atoms with E-state index in [1.165, 1.54) is 6.33 Å². The molecule has 1 aromatic heterocycles. The number of likely N-dealkylation sites (tertiary alicyclic amines) is 1. The van der Waals surface area contributed by atoms with E-state index >= 15 is 0 Å². The molecule has 0 aliphatic carbocycles. The molecule has 0 spiro atoms. The summed E-state index contributed by atoms with van der Waals surface area (Å²) in [5, 5.41) is 14.1.